The summed E-state index contributed by atoms with van der Waals surface area (Å²) >= 11 is 0. The second kappa shape index (κ2) is 5.10. The monoisotopic (exact) mass is 198 g/mol. The first kappa shape index (κ1) is 10.4. The van der Waals surface area contributed by atoms with Gasteiger partial charge >= 0.3 is 0 Å². The Morgan fingerprint density at radius 1 is 1.07 bits per heavy atom. The Labute approximate surface area is 86.6 Å². The highest BCUT2D eigenvalue weighted by atomic mass is 16.5. The maximum atomic E-state index is 6.01. The fourth-order valence-electron chi connectivity index (χ4n) is 2.66. The zero-order valence-electron chi connectivity index (χ0n) is 8.95. The maximum Gasteiger partial charge on any atom is 0.0593 e. The third-order valence-electron chi connectivity index (χ3n) is 3.46. The van der Waals surface area contributed by atoms with Crippen molar-refractivity contribution in [3.05, 3.63) is 0 Å². The largest absolute Gasteiger partial charge is 0.380 e. The average molecular weight is 198 g/mol. The Morgan fingerprint density at radius 3 is 2.86 bits per heavy atom. The predicted octanol–water partition coefficient (Wildman–Crippen LogP) is 0.979. The van der Waals surface area contributed by atoms with Crippen LogP contribution in [0.25, 0.3) is 0 Å². The van der Waals surface area contributed by atoms with Crippen molar-refractivity contribution in [3.63, 3.8) is 0 Å². The molecule has 1 saturated heterocycles. The van der Waals surface area contributed by atoms with Gasteiger partial charge in [-0.15, -0.1) is 0 Å². The second-order valence-corrected chi connectivity index (χ2v) is 4.58. The van der Waals surface area contributed by atoms with E-state index in [0.29, 0.717) is 6.04 Å². The molecule has 2 fully saturated rings. The molecule has 0 radical (unpaired) electrons. The predicted molar refractivity (Wildman–Crippen MR) is 57.2 cm³/mol. The van der Waals surface area contributed by atoms with Crippen LogP contribution in [0, 0.1) is 0 Å². The van der Waals surface area contributed by atoms with Crippen LogP contribution in [0.5, 0.6) is 0 Å². The van der Waals surface area contributed by atoms with Crippen molar-refractivity contribution < 1.29 is 4.74 Å². The molecule has 3 nitrogen and oxygen atoms in total. The van der Waals surface area contributed by atoms with Crippen LogP contribution in [0.2, 0.25) is 0 Å². The molecule has 1 saturated carbocycles. The number of rotatable bonds is 1. The van der Waals surface area contributed by atoms with Gasteiger partial charge in [0, 0.05) is 31.8 Å². The van der Waals surface area contributed by atoms with Crippen LogP contribution in [0.1, 0.15) is 32.1 Å². The van der Waals surface area contributed by atoms with Crippen molar-refractivity contribution in [2.24, 2.45) is 5.73 Å². The lowest BCUT2D eigenvalue weighted by Crippen LogP contribution is -2.43. The van der Waals surface area contributed by atoms with Crippen molar-refractivity contribution in [3.8, 4) is 0 Å². The molecule has 1 heterocycles. The number of ether oxygens (including phenoxy) is 1. The third kappa shape index (κ3) is 2.69. The summed E-state index contributed by atoms with van der Waals surface area (Å²) in [6.07, 6.45) is 6.25. The topological polar surface area (TPSA) is 38.5 Å². The summed E-state index contributed by atoms with van der Waals surface area (Å²) in [5.41, 5.74) is 6.01. The van der Waals surface area contributed by atoms with E-state index in [-0.39, 0.29) is 0 Å². The highest BCUT2D eigenvalue weighted by molar-refractivity contribution is 4.82. The Hall–Kier alpha value is -0.120. The molecule has 0 bridgehead atoms. The first-order valence-electron chi connectivity index (χ1n) is 5.93. The second-order valence-electron chi connectivity index (χ2n) is 4.58. The minimum absolute atomic E-state index is 0.443. The van der Waals surface area contributed by atoms with Crippen LogP contribution < -0.4 is 5.73 Å². The fourth-order valence-corrected chi connectivity index (χ4v) is 2.66. The van der Waals surface area contributed by atoms with E-state index >= 15 is 0 Å². The molecule has 2 unspecified atom stereocenters. The molecule has 1 aliphatic carbocycles. The molecular weight excluding hydrogens is 176 g/mol. The quantitative estimate of drug-likeness (QED) is 0.682. The van der Waals surface area contributed by atoms with Crippen LogP contribution >= 0.6 is 0 Å². The number of hydrogen-bond donors (Lipinski definition) is 1. The molecule has 0 aromatic rings. The summed E-state index contributed by atoms with van der Waals surface area (Å²) < 4.78 is 5.47. The van der Waals surface area contributed by atoms with Crippen molar-refractivity contribution in [1.29, 1.82) is 0 Å². The van der Waals surface area contributed by atoms with Gasteiger partial charge < -0.3 is 10.5 Å². The van der Waals surface area contributed by atoms with Crippen molar-refractivity contribution in [2.45, 2.75) is 44.2 Å². The van der Waals surface area contributed by atoms with Gasteiger partial charge in [-0.25, -0.2) is 0 Å². The normalized spacial score (nSPS) is 36.6. The highest BCUT2D eigenvalue weighted by Crippen LogP contribution is 2.22. The van der Waals surface area contributed by atoms with Gasteiger partial charge in [-0.3, -0.25) is 4.90 Å². The Morgan fingerprint density at radius 2 is 2.00 bits per heavy atom. The van der Waals surface area contributed by atoms with Crippen molar-refractivity contribution in [1.82, 2.24) is 4.90 Å². The molecule has 1 aliphatic heterocycles. The van der Waals surface area contributed by atoms with Crippen LogP contribution in [-0.4, -0.2) is 43.3 Å². The van der Waals surface area contributed by atoms with Crippen LogP contribution in [0.15, 0.2) is 0 Å². The smallest absolute Gasteiger partial charge is 0.0593 e. The van der Waals surface area contributed by atoms with Gasteiger partial charge in [0.15, 0.2) is 0 Å². The summed E-state index contributed by atoms with van der Waals surface area (Å²) in [4.78, 5) is 2.59. The molecule has 2 atom stereocenters. The first-order chi connectivity index (χ1) is 6.86. The third-order valence-corrected chi connectivity index (χ3v) is 3.46. The molecule has 0 aromatic carbocycles. The summed E-state index contributed by atoms with van der Waals surface area (Å²) in [5, 5.41) is 0. The van der Waals surface area contributed by atoms with Gasteiger partial charge in [-0.05, 0) is 25.7 Å². The molecule has 3 heteroatoms. The summed E-state index contributed by atoms with van der Waals surface area (Å²) in [5.74, 6) is 0. The van der Waals surface area contributed by atoms with Gasteiger partial charge in [-0.1, -0.05) is 6.42 Å². The van der Waals surface area contributed by atoms with E-state index < -0.39 is 0 Å². The van der Waals surface area contributed by atoms with Gasteiger partial charge in [-0.2, -0.15) is 0 Å². The summed E-state index contributed by atoms with van der Waals surface area (Å²) in [6, 6.07) is 1.18. The van der Waals surface area contributed by atoms with Gasteiger partial charge in [0.25, 0.3) is 0 Å². The van der Waals surface area contributed by atoms with Crippen LogP contribution in [0.4, 0.5) is 0 Å². The maximum absolute atomic E-state index is 6.01. The molecule has 2 N–H and O–H groups in total. The van der Waals surface area contributed by atoms with Gasteiger partial charge in [0.1, 0.15) is 0 Å². The molecule has 0 spiro atoms. The minimum atomic E-state index is 0.443. The van der Waals surface area contributed by atoms with E-state index in [1.54, 1.807) is 0 Å². The zero-order valence-corrected chi connectivity index (χ0v) is 8.95. The van der Waals surface area contributed by atoms with E-state index in [1.807, 2.05) is 0 Å². The Kier molecular flexibility index (Phi) is 3.79. The lowest BCUT2D eigenvalue weighted by atomic mass is 9.90. The average Bonchev–Trinajstić information content (AvgIpc) is 2.45. The lowest BCUT2D eigenvalue weighted by Gasteiger charge is -2.35. The van der Waals surface area contributed by atoms with E-state index in [2.05, 4.69) is 4.90 Å². The molecule has 82 valence electrons. The standard InChI is InChI=1S/C11H22N2O/c12-10-3-1-4-11(9-10)13-5-2-7-14-8-6-13/h10-11H,1-9,12H2. The van der Waals surface area contributed by atoms with E-state index in [0.717, 1.165) is 25.8 Å². The minimum Gasteiger partial charge on any atom is -0.380 e. The molecule has 0 amide bonds. The first-order valence-corrected chi connectivity index (χ1v) is 5.93. The number of hydrogen-bond acceptors (Lipinski definition) is 3. The highest BCUT2D eigenvalue weighted by Gasteiger charge is 2.25. The lowest BCUT2D eigenvalue weighted by molar-refractivity contribution is 0.118. The molecule has 14 heavy (non-hydrogen) atoms. The molecular formula is C11H22N2O. The summed E-state index contributed by atoms with van der Waals surface area (Å²) in [7, 11) is 0. The number of nitrogens with zero attached hydrogens (tertiary/aromatic N) is 1. The molecule has 2 aliphatic rings. The Balaban J connectivity index is 1.85. The Bertz CT molecular complexity index is 167. The van der Waals surface area contributed by atoms with Crippen molar-refractivity contribution >= 4 is 0 Å². The van der Waals surface area contributed by atoms with E-state index in [4.69, 9.17) is 10.5 Å². The van der Waals surface area contributed by atoms with E-state index in [9.17, 15) is 0 Å². The zero-order chi connectivity index (χ0) is 9.80. The van der Waals surface area contributed by atoms with Gasteiger partial charge in [0.05, 0.1) is 6.61 Å². The molecule has 2 rings (SSSR count). The van der Waals surface area contributed by atoms with Crippen LogP contribution in [-0.2, 0) is 4.74 Å². The SMILES string of the molecule is NC1CCCC(N2CCCOCC2)C1. The van der Waals surface area contributed by atoms with Crippen LogP contribution in [0.3, 0.4) is 0 Å². The van der Waals surface area contributed by atoms with Gasteiger partial charge in [0.2, 0.25) is 0 Å². The summed E-state index contributed by atoms with van der Waals surface area (Å²) in [6.45, 7) is 4.16. The van der Waals surface area contributed by atoms with E-state index in [1.165, 1.54) is 38.6 Å². The van der Waals surface area contributed by atoms with Crippen molar-refractivity contribution in [2.75, 3.05) is 26.3 Å². The number of nitrogens with two attached hydrogens (primary N) is 1. The molecule has 0 aromatic heterocycles. The fraction of sp³-hybridized carbons (Fsp3) is 1.00.